The number of hydrogen-bond acceptors (Lipinski definition) is 8. The minimum atomic E-state index is -5.08. The minimum Gasteiger partial charge on any atom is -0.475 e. The number of halogens is 3. The molecule has 37 heavy (non-hydrogen) atoms. The first-order valence-corrected chi connectivity index (χ1v) is 11.7. The highest BCUT2D eigenvalue weighted by Gasteiger charge is 2.38. The normalized spacial score (nSPS) is 15.7. The maximum Gasteiger partial charge on any atom is 0.490 e. The van der Waals surface area contributed by atoms with Crippen LogP contribution in [0.2, 0.25) is 0 Å². The summed E-state index contributed by atoms with van der Waals surface area (Å²) in [5.41, 5.74) is 8.44. The number of carboxylic acid groups (broad SMARTS) is 1. The molecule has 0 radical (unpaired) electrons. The molecule has 1 aliphatic heterocycles. The van der Waals surface area contributed by atoms with Crippen LogP contribution >= 0.6 is 11.8 Å². The zero-order valence-corrected chi connectivity index (χ0v) is 19.7. The van der Waals surface area contributed by atoms with Crippen LogP contribution < -0.4 is 10.5 Å². The third kappa shape index (κ3) is 6.91. The number of carbonyl (C=O) groups excluding carboxylic acids is 1. The summed E-state index contributed by atoms with van der Waals surface area (Å²) in [4.78, 5) is 30.5. The van der Waals surface area contributed by atoms with Crippen LogP contribution in [-0.2, 0) is 16.0 Å². The molecule has 1 saturated heterocycles. The molecular formula is C23H19F3N6O4S. The number of alkyl halides is 3. The first-order chi connectivity index (χ1) is 17.5. The summed E-state index contributed by atoms with van der Waals surface area (Å²) in [5.74, 6) is -0.893. The predicted octanol–water partition coefficient (Wildman–Crippen LogP) is 3.16. The van der Waals surface area contributed by atoms with Crippen molar-refractivity contribution in [1.82, 2.24) is 14.9 Å². The Morgan fingerprint density at radius 1 is 1.32 bits per heavy atom. The quantitative estimate of drug-likeness (QED) is 0.447. The Balaban J connectivity index is 0.000000479. The number of H-pyrrole nitrogens is 1. The van der Waals surface area contributed by atoms with Gasteiger partial charge in [-0.1, -0.05) is 0 Å². The van der Waals surface area contributed by atoms with Crippen molar-refractivity contribution in [2.45, 2.75) is 24.7 Å². The number of carboxylic acids is 1. The van der Waals surface area contributed by atoms with Gasteiger partial charge >= 0.3 is 12.1 Å². The van der Waals surface area contributed by atoms with Gasteiger partial charge in [0.25, 0.3) is 0 Å². The number of nitrogens with zero attached hydrogens (tertiary/aromatic N) is 4. The summed E-state index contributed by atoms with van der Waals surface area (Å²) in [6.45, 7) is 0. The van der Waals surface area contributed by atoms with Crippen molar-refractivity contribution >= 4 is 34.5 Å². The van der Waals surface area contributed by atoms with Gasteiger partial charge in [0.15, 0.2) is 0 Å². The topological polar surface area (TPSA) is 169 Å². The predicted molar refractivity (Wildman–Crippen MR) is 126 cm³/mol. The van der Waals surface area contributed by atoms with E-state index < -0.39 is 24.2 Å². The van der Waals surface area contributed by atoms with Gasteiger partial charge in [-0.15, -0.1) is 11.8 Å². The number of aliphatic carboxylic acids is 1. The van der Waals surface area contributed by atoms with Gasteiger partial charge in [0.05, 0.1) is 23.6 Å². The molecule has 3 aromatic rings. The Bertz CT molecular complexity index is 1360. The highest BCUT2D eigenvalue weighted by molar-refractivity contribution is 7.99. The van der Waals surface area contributed by atoms with Crippen molar-refractivity contribution < 1.29 is 32.6 Å². The van der Waals surface area contributed by atoms with Crippen molar-refractivity contribution in [2.75, 3.05) is 11.6 Å². The monoisotopic (exact) mass is 532 g/mol. The molecule has 1 fully saturated rings. The number of fused-ring (bicyclic) bond motifs is 1. The number of benzene rings is 1. The number of pyridine rings is 1. The maximum atomic E-state index is 12.7. The third-order valence-electron chi connectivity index (χ3n) is 5.14. The van der Waals surface area contributed by atoms with Crippen molar-refractivity contribution in [1.29, 1.82) is 10.5 Å². The Kier molecular flexibility index (Phi) is 8.60. The van der Waals surface area contributed by atoms with Crippen LogP contribution in [0.25, 0.3) is 10.9 Å². The number of thioether (sulfide) groups is 1. The largest absolute Gasteiger partial charge is 0.490 e. The average molecular weight is 533 g/mol. The van der Waals surface area contributed by atoms with E-state index in [0.717, 1.165) is 16.5 Å². The second-order valence-electron chi connectivity index (χ2n) is 7.69. The fourth-order valence-corrected chi connectivity index (χ4v) is 4.41. The highest BCUT2D eigenvalue weighted by Crippen LogP contribution is 2.28. The molecule has 0 aliphatic carbocycles. The molecule has 1 aromatic carbocycles. The van der Waals surface area contributed by atoms with Gasteiger partial charge in [-0.2, -0.15) is 23.7 Å². The van der Waals surface area contributed by atoms with Gasteiger partial charge in [-0.25, -0.2) is 9.78 Å². The molecule has 0 saturated carbocycles. The van der Waals surface area contributed by atoms with Crippen molar-refractivity contribution in [3.05, 3.63) is 53.9 Å². The SMILES string of the molecule is N#Cc1ccc(Oc2ccc3[nH]cc(C[C@H](N)C(=O)N4CSC[C@H]4C#N)c3c2)nc1.O=C(O)C(F)(F)F. The second-order valence-corrected chi connectivity index (χ2v) is 8.69. The molecule has 14 heteroatoms. The van der Waals surface area contributed by atoms with Crippen LogP contribution in [0.3, 0.4) is 0 Å². The van der Waals surface area contributed by atoms with Crippen LogP contribution in [0, 0.1) is 22.7 Å². The van der Waals surface area contributed by atoms with Crippen LogP contribution in [0.5, 0.6) is 11.6 Å². The first kappa shape index (κ1) is 27.3. The lowest BCUT2D eigenvalue weighted by Crippen LogP contribution is -2.47. The molecule has 192 valence electrons. The zero-order valence-electron chi connectivity index (χ0n) is 18.9. The van der Waals surface area contributed by atoms with E-state index in [0.29, 0.717) is 35.2 Å². The molecule has 0 spiro atoms. The number of ether oxygens (including phenoxy) is 1. The molecule has 1 amide bonds. The molecule has 4 N–H and O–H groups in total. The molecule has 2 atom stereocenters. The fraction of sp³-hybridized carbons (Fsp3) is 0.261. The number of nitriles is 2. The summed E-state index contributed by atoms with van der Waals surface area (Å²) in [5, 5.41) is 26.1. The van der Waals surface area contributed by atoms with Crippen molar-refractivity contribution in [3.63, 3.8) is 0 Å². The van der Waals surface area contributed by atoms with Gasteiger partial charge in [-0.3, -0.25) is 4.79 Å². The number of aromatic nitrogens is 2. The van der Waals surface area contributed by atoms with E-state index in [1.165, 1.54) is 6.20 Å². The first-order valence-electron chi connectivity index (χ1n) is 10.5. The van der Waals surface area contributed by atoms with Crippen LogP contribution in [0.1, 0.15) is 11.1 Å². The Morgan fingerprint density at radius 2 is 2.05 bits per heavy atom. The Labute approximate surface area is 212 Å². The number of rotatable bonds is 5. The Morgan fingerprint density at radius 3 is 2.65 bits per heavy atom. The van der Waals surface area contributed by atoms with E-state index >= 15 is 0 Å². The van der Waals surface area contributed by atoms with Crippen molar-refractivity contribution in [2.24, 2.45) is 5.73 Å². The van der Waals surface area contributed by atoms with E-state index in [1.807, 2.05) is 30.5 Å². The second kappa shape index (κ2) is 11.6. The van der Waals surface area contributed by atoms with Crippen LogP contribution in [-0.4, -0.2) is 61.7 Å². The minimum absolute atomic E-state index is 0.213. The van der Waals surface area contributed by atoms with Gasteiger partial charge in [0.2, 0.25) is 11.8 Å². The molecule has 10 nitrogen and oxygen atoms in total. The summed E-state index contributed by atoms with van der Waals surface area (Å²) in [6, 6.07) is 11.9. The van der Waals surface area contributed by atoms with Gasteiger partial charge in [0.1, 0.15) is 17.9 Å². The van der Waals surface area contributed by atoms with Gasteiger partial charge in [0, 0.05) is 35.1 Å². The number of hydrogen-bond donors (Lipinski definition) is 3. The summed E-state index contributed by atoms with van der Waals surface area (Å²) < 4.78 is 37.5. The van der Waals surface area contributed by atoms with E-state index in [-0.39, 0.29) is 5.91 Å². The average Bonchev–Trinajstić information content (AvgIpc) is 3.51. The number of nitrogens with two attached hydrogens (primary N) is 1. The van der Waals surface area contributed by atoms with Crippen LogP contribution in [0.4, 0.5) is 13.2 Å². The third-order valence-corrected chi connectivity index (χ3v) is 6.15. The van der Waals surface area contributed by atoms with E-state index in [4.69, 9.17) is 25.6 Å². The molecule has 0 bridgehead atoms. The molecule has 0 unspecified atom stereocenters. The Hall–Kier alpha value is -4.27. The summed E-state index contributed by atoms with van der Waals surface area (Å²) in [7, 11) is 0. The lowest BCUT2D eigenvalue weighted by atomic mass is 10.0. The van der Waals surface area contributed by atoms with E-state index in [9.17, 15) is 23.2 Å². The number of nitrogens with one attached hydrogen (secondary N) is 1. The van der Waals surface area contributed by atoms with Crippen molar-refractivity contribution in [3.8, 4) is 23.8 Å². The molecule has 2 aromatic heterocycles. The summed E-state index contributed by atoms with van der Waals surface area (Å²) in [6.07, 6.45) is -1.45. The molecular weight excluding hydrogens is 513 g/mol. The number of aromatic amines is 1. The molecule has 4 rings (SSSR count). The molecule has 1 aliphatic rings. The highest BCUT2D eigenvalue weighted by atomic mass is 32.2. The standard InChI is InChI=1S/C21H18N6O2S.C2HF3O2/c22-7-13-1-4-20(26-9-13)29-16-2-3-19-17(6-16)14(10-25-19)5-18(24)21(28)27-12-30-11-15(27)8-23;3-2(4,5)1(6)7/h1-4,6,9-10,15,18,25H,5,11-12,24H2;(H,6,7)/t15-,18+;/m1./s1. The fourth-order valence-electron chi connectivity index (χ4n) is 3.32. The lowest BCUT2D eigenvalue weighted by Gasteiger charge is -2.22. The smallest absolute Gasteiger partial charge is 0.475 e. The lowest BCUT2D eigenvalue weighted by molar-refractivity contribution is -0.192. The maximum absolute atomic E-state index is 12.7. The number of carbonyl (C=O) groups is 2. The summed E-state index contributed by atoms with van der Waals surface area (Å²) >= 11 is 1.56. The van der Waals surface area contributed by atoms with Gasteiger partial charge < -0.3 is 25.5 Å². The molecule has 3 heterocycles. The van der Waals surface area contributed by atoms with Crippen LogP contribution in [0.15, 0.2) is 42.7 Å². The van der Waals surface area contributed by atoms with Gasteiger partial charge in [-0.05, 0) is 36.2 Å². The zero-order chi connectivity index (χ0) is 27.2. The number of amides is 1. The van der Waals surface area contributed by atoms with E-state index in [1.54, 1.807) is 28.8 Å². The van der Waals surface area contributed by atoms with E-state index in [2.05, 4.69) is 16.0 Å².